The topological polar surface area (TPSA) is 71.4 Å². The van der Waals surface area contributed by atoms with Gasteiger partial charge in [0.05, 0.1) is 18.2 Å². The van der Waals surface area contributed by atoms with Gasteiger partial charge in [0, 0.05) is 42.8 Å². The van der Waals surface area contributed by atoms with Crippen LogP contribution in [0.25, 0.3) is 0 Å². The molecule has 0 aliphatic rings. The molecule has 2 rings (SSSR count). The van der Waals surface area contributed by atoms with Crippen LogP contribution in [0.2, 0.25) is 0 Å². The predicted molar refractivity (Wildman–Crippen MR) is 123 cm³/mol. The molecule has 0 aliphatic carbocycles. The Hall–Kier alpha value is -1.42. The Morgan fingerprint density at radius 3 is 2.63 bits per heavy atom. The zero-order chi connectivity index (χ0) is 18.6. The third-order valence-corrected chi connectivity index (χ3v) is 4.80. The SMILES string of the molecule is CCCOc1ccc(CN=C(NCC)NCCc2ncc(CC)s2)cn1.I. The summed E-state index contributed by atoms with van der Waals surface area (Å²) < 4.78 is 5.50. The van der Waals surface area contributed by atoms with E-state index in [1.165, 1.54) is 4.88 Å². The van der Waals surface area contributed by atoms with Gasteiger partial charge in [0.15, 0.2) is 5.96 Å². The number of aromatic nitrogens is 2. The van der Waals surface area contributed by atoms with Crippen molar-refractivity contribution >= 4 is 41.3 Å². The molecule has 8 heteroatoms. The molecule has 0 amide bonds. The lowest BCUT2D eigenvalue weighted by Gasteiger charge is -2.10. The Balaban J connectivity index is 0.00000364. The van der Waals surface area contributed by atoms with Crippen molar-refractivity contribution in [1.82, 2.24) is 20.6 Å². The van der Waals surface area contributed by atoms with E-state index in [9.17, 15) is 0 Å². The fourth-order valence-corrected chi connectivity index (χ4v) is 3.09. The number of hydrogen-bond acceptors (Lipinski definition) is 5. The number of thiazole rings is 1. The highest BCUT2D eigenvalue weighted by atomic mass is 127. The highest BCUT2D eigenvalue weighted by Crippen LogP contribution is 2.13. The summed E-state index contributed by atoms with van der Waals surface area (Å²) in [5.74, 6) is 1.48. The summed E-state index contributed by atoms with van der Waals surface area (Å²) in [5.41, 5.74) is 1.05. The van der Waals surface area contributed by atoms with Crippen molar-refractivity contribution in [1.29, 1.82) is 0 Å². The van der Waals surface area contributed by atoms with Crippen LogP contribution in [-0.4, -0.2) is 35.6 Å². The number of ether oxygens (including phenoxy) is 1. The van der Waals surface area contributed by atoms with Crippen LogP contribution < -0.4 is 15.4 Å². The van der Waals surface area contributed by atoms with Gasteiger partial charge in [-0.15, -0.1) is 35.3 Å². The van der Waals surface area contributed by atoms with Gasteiger partial charge in [0.2, 0.25) is 5.88 Å². The number of pyridine rings is 1. The van der Waals surface area contributed by atoms with Gasteiger partial charge >= 0.3 is 0 Å². The van der Waals surface area contributed by atoms with Gasteiger partial charge in [0.1, 0.15) is 0 Å². The number of guanidine groups is 1. The van der Waals surface area contributed by atoms with E-state index in [2.05, 4.69) is 46.4 Å². The summed E-state index contributed by atoms with van der Waals surface area (Å²) >= 11 is 1.78. The number of hydrogen-bond donors (Lipinski definition) is 2. The molecule has 2 aromatic heterocycles. The number of nitrogens with zero attached hydrogens (tertiary/aromatic N) is 3. The summed E-state index contributed by atoms with van der Waals surface area (Å²) in [6.07, 6.45) is 6.72. The Morgan fingerprint density at radius 2 is 2.00 bits per heavy atom. The van der Waals surface area contributed by atoms with Crippen LogP contribution in [0.1, 0.15) is 42.6 Å². The molecule has 150 valence electrons. The first-order chi connectivity index (χ1) is 12.7. The average Bonchev–Trinajstić information content (AvgIpc) is 3.13. The third kappa shape index (κ3) is 8.87. The van der Waals surface area contributed by atoms with E-state index in [0.29, 0.717) is 19.0 Å². The zero-order valence-corrected chi connectivity index (χ0v) is 19.5. The van der Waals surface area contributed by atoms with Gasteiger partial charge in [-0.25, -0.2) is 15.0 Å². The molecule has 0 aliphatic heterocycles. The lowest BCUT2D eigenvalue weighted by atomic mass is 10.3. The van der Waals surface area contributed by atoms with Crippen LogP contribution in [0.3, 0.4) is 0 Å². The number of aliphatic imine (C=N–C) groups is 1. The molecule has 6 nitrogen and oxygen atoms in total. The van der Waals surface area contributed by atoms with Crippen molar-refractivity contribution < 1.29 is 4.74 Å². The van der Waals surface area contributed by atoms with E-state index in [0.717, 1.165) is 48.9 Å². The molecule has 0 fully saturated rings. The van der Waals surface area contributed by atoms with E-state index in [4.69, 9.17) is 4.74 Å². The minimum atomic E-state index is 0. The standard InChI is InChI=1S/C19H29N5OS.HI/c1-4-11-25-17-8-7-15(12-22-17)13-24-19(20-6-3)21-10-9-18-23-14-16(5-2)26-18;/h7-8,12,14H,4-6,9-11,13H2,1-3H3,(H2,20,21,24);1H. The second kappa shape index (κ2) is 13.7. The highest BCUT2D eigenvalue weighted by Gasteiger charge is 2.02. The first kappa shape index (κ1) is 23.6. The van der Waals surface area contributed by atoms with E-state index in [1.54, 1.807) is 11.3 Å². The first-order valence-corrected chi connectivity index (χ1v) is 10.1. The summed E-state index contributed by atoms with van der Waals surface area (Å²) in [6.45, 7) is 9.20. The fraction of sp³-hybridized carbons (Fsp3) is 0.526. The van der Waals surface area contributed by atoms with Crippen molar-refractivity contribution in [2.24, 2.45) is 4.99 Å². The summed E-state index contributed by atoms with van der Waals surface area (Å²) in [6, 6.07) is 3.90. The molecule has 0 spiro atoms. The third-order valence-electron chi connectivity index (χ3n) is 3.60. The molecule has 27 heavy (non-hydrogen) atoms. The smallest absolute Gasteiger partial charge is 0.213 e. The van der Waals surface area contributed by atoms with Crippen LogP contribution in [0.5, 0.6) is 5.88 Å². The van der Waals surface area contributed by atoms with Gasteiger partial charge in [-0.2, -0.15) is 0 Å². The molecule has 0 saturated carbocycles. The number of rotatable bonds is 10. The van der Waals surface area contributed by atoms with Crippen LogP contribution >= 0.6 is 35.3 Å². The highest BCUT2D eigenvalue weighted by molar-refractivity contribution is 14.0. The maximum absolute atomic E-state index is 5.50. The van der Waals surface area contributed by atoms with Crippen molar-refractivity contribution in [3.63, 3.8) is 0 Å². The molecule has 0 aromatic carbocycles. The summed E-state index contributed by atoms with van der Waals surface area (Å²) in [7, 11) is 0. The molecule has 0 unspecified atom stereocenters. The quantitative estimate of drug-likeness (QED) is 0.293. The molecule has 0 bridgehead atoms. The molecule has 2 heterocycles. The van der Waals surface area contributed by atoms with Crippen LogP contribution in [-0.2, 0) is 19.4 Å². The van der Waals surface area contributed by atoms with Crippen molar-refractivity contribution in [3.8, 4) is 5.88 Å². The maximum Gasteiger partial charge on any atom is 0.213 e. The molecule has 2 N–H and O–H groups in total. The Bertz CT molecular complexity index is 675. The van der Waals surface area contributed by atoms with Gasteiger partial charge in [-0.3, -0.25) is 0 Å². The second-order valence-electron chi connectivity index (χ2n) is 5.80. The van der Waals surface area contributed by atoms with E-state index in [1.807, 2.05) is 24.5 Å². The van der Waals surface area contributed by atoms with Gasteiger partial charge in [-0.1, -0.05) is 19.9 Å². The Morgan fingerprint density at radius 1 is 1.15 bits per heavy atom. The van der Waals surface area contributed by atoms with Gasteiger partial charge < -0.3 is 15.4 Å². The number of aryl methyl sites for hydroxylation is 1. The number of halogens is 1. The van der Waals surface area contributed by atoms with E-state index in [-0.39, 0.29) is 24.0 Å². The van der Waals surface area contributed by atoms with Crippen LogP contribution in [0.15, 0.2) is 29.5 Å². The van der Waals surface area contributed by atoms with Crippen molar-refractivity contribution in [3.05, 3.63) is 40.0 Å². The lowest BCUT2D eigenvalue weighted by Crippen LogP contribution is -2.38. The van der Waals surface area contributed by atoms with Gasteiger partial charge in [0.25, 0.3) is 0 Å². The largest absolute Gasteiger partial charge is 0.478 e. The number of nitrogens with one attached hydrogen (secondary N) is 2. The van der Waals surface area contributed by atoms with Crippen molar-refractivity contribution in [2.45, 2.75) is 46.6 Å². The summed E-state index contributed by atoms with van der Waals surface area (Å²) in [5, 5.41) is 7.80. The van der Waals surface area contributed by atoms with Crippen LogP contribution in [0, 0.1) is 0 Å². The maximum atomic E-state index is 5.50. The Labute approximate surface area is 183 Å². The molecule has 0 atom stereocenters. The van der Waals surface area contributed by atoms with Crippen LogP contribution in [0.4, 0.5) is 0 Å². The fourth-order valence-electron chi connectivity index (χ4n) is 2.22. The van der Waals surface area contributed by atoms with Gasteiger partial charge in [-0.05, 0) is 25.3 Å². The predicted octanol–water partition coefficient (Wildman–Crippen LogP) is 3.81. The average molecular weight is 503 g/mol. The lowest BCUT2D eigenvalue weighted by molar-refractivity contribution is 0.305. The first-order valence-electron chi connectivity index (χ1n) is 9.28. The second-order valence-corrected chi connectivity index (χ2v) is 7.00. The molecular formula is C19H30IN5OS. The summed E-state index contributed by atoms with van der Waals surface area (Å²) in [4.78, 5) is 14.7. The Kier molecular flexibility index (Phi) is 12.0. The molecular weight excluding hydrogens is 473 g/mol. The van der Waals surface area contributed by atoms with E-state index < -0.39 is 0 Å². The molecule has 2 aromatic rings. The van der Waals surface area contributed by atoms with E-state index >= 15 is 0 Å². The normalized spacial score (nSPS) is 11.0. The molecule has 0 saturated heterocycles. The zero-order valence-electron chi connectivity index (χ0n) is 16.3. The van der Waals surface area contributed by atoms with Crippen molar-refractivity contribution in [2.75, 3.05) is 19.7 Å². The minimum Gasteiger partial charge on any atom is -0.478 e. The minimum absolute atomic E-state index is 0. The molecule has 0 radical (unpaired) electrons. The monoisotopic (exact) mass is 503 g/mol.